The Labute approximate surface area is 184 Å². The summed E-state index contributed by atoms with van der Waals surface area (Å²) in [5, 5.41) is 3.98. The van der Waals surface area contributed by atoms with Crippen LogP contribution in [0.5, 0.6) is 0 Å². The molecule has 0 atom stereocenters. The fourth-order valence-corrected chi connectivity index (χ4v) is 4.63. The number of fused-ring (bicyclic) bond motifs is 1. The highest BCUT2D eigenvalue weighted by atomic mass is 16.5. The van der Waals surface area contributed by atoms with Crippen LogP contribution in [0.4, 0.5) is 0 Å². The van der Waals surface area contributed by atoms with Crippen molar-refractivity contribution in [1.29, 1.82) is 0 Å². The zero-order valence-corrected chi connectivity index (χ0v) is 18.5. The number of ether oxygens (including phenoxy) is 1. The van der Waals surface area contributed by atoms with Crippen LogP contribution < -0.4 is 5.32 Å². The van der Waals surface area contributed by atoms with E-state index >= 15 is 0 Å². The maximum absolute atomic E-state index is 13.0. The van der Waals surface area contributed by atoms with Gasteiger partial charge >= 0.3 is 0 Å². The number of benzene rings is 2. The van der Waals surface area contributed by atoms with E-state index in [1.807, 2.05) is 30.3 Å². The van der Waals surface area contributed by atoms with Crippen molar-refractivity contribution in [2.45, 2.75) is 57.8 Å². The molecule has 5 nitrogen and oxygen atoms in total. The van der Waals surface area contributed by atoms with Crippen molar-refractivity contribution in [3.8, 4) is 0 Å². The summed E-state index contributed by atoms with van der Waals surface area (Å²) in [4.78, 5) is 15.5. The van der Waals surface area contributed by atoms with Crippen LogP contribution in [0.25, 0.3) is 11.0 Å². The van der Waals surface area contributed by atoms with E-state index in [2.05, 4.69) is 35.5 Å². The fraction of sp³-hybridized carbons (Fsp3) is 0.423. The molecule has 1 aromatic heterocycles. The third kappa shape index (κ3) is 5.00. The number of rotatable bonds is 8. The molecular formula is C26H32N2O3. The van der Waals surface area contributed by atoms with E-state index in [9.17, 15) is 4.79 Å². The Morgan fingerprint density at radius 2 is 1.77 bits per heavy atom. The Kier molecular flexibility index (Phi) is 7.05. The molecule has 1 amide bonds. The summed E-state index contributed by atoms with van der Waals surface area (Å²) in [6, 6.07) is 16.7. The maximum atomic E-state index is 13.0. The summed E-state index contributed by atoms with van der Waals surface area (Å²) in [5.74, 6) is 0.124. The Bertz CT molecular complexity index is 1020. The quantitative estimate of drug-likeness (QED) is 0.539. The van der Waals surface area contributed by atoms with Crippen molar-refractivity contribution in [2.24, 2.45) is 0 Å². The van der Waals surface area contributed by atoms with E-state index in [0.29, 0.717) is 30.5 Å². The Balaban J connectivity index is 1.47. The summed E-state index contributed by atoms with van der Waals surface area (Å²) in [5.41, 5.74) is 3.90. The van der Waals surface area contributed by atoms with Gasteiger partial charge in [-0.1, -0.05) is 61.7 Å². The molecule has 0 aliphatic heterocycles. The molecule has 1 N–H and O–H groups in total. The van der Waals surface area contributed by atoms with Crippen LogP contribution in [0.3, 0.4) is 0 Å². The van der Waals surface area contributed by atoms with Gasteiger partial charge in [0.25, 0.3) is 5.91 Å². The molecule has 0 saturated heterocycles. The van der Waals surface area contributed by atoms with Crippen LogP contribution in [-0.4, -0.2) is 31.0 Å². The molecule has 1 aliphatic rings. The van der Waals surface area contributed by atoms with E-state index < -0.39 is 0 Å². The number of para-hydroxylation sites is 1. The molecule has 2 aromatic carbocycles. The molecule has 0 unspecified atom stereocenters. The Morgan fingerprint density at radius 3 is 2.55 bits per heavy atom. The monoisotopic (exact) mass is 420 g/mol. The zero-order valence-electron chi connectivity index (χ0n) is 18.5. The maximum Gasteiger partial charge on any atom is 0.287 e. The standard InChI is InChI=1S/C26H32N2O3/c1-28(21-12-4-3-5-13-21)17-20-11-7-6-10-19(20)16-27-26(29)25-23(18-30-2)22-14-8-9-15-24(22)31-25/h6-11,14-15,21H,3-5,12-13,16-18H2,1-2H3,(H,27,29). The predicted octanol–water partition coefficient (Wildman–Crippen LogP) is 5.27. The number of hydrogen-bond donors (Lipinski definition) is 1. The second-order valence-electron chi connectivity index (χ2n) is 8.50. The first kappa shape index (κ1) is 21.6. The topological polar surface area (TPSA) is 54.7 Å². The molecule has 4 rings (SSSR count). The first-order chi connectivity index (χ1) is 15.2. The SMILES string of the molecule is COCc1c(C(=O)NCc2ccccc2CN(C)C2CCCCC2)oc2ccccc12. The van der Waals surface area contributed by atoms with Gasteiger partial charge in [0.05, 0.1) is 6.61 Å². The van der Waals surface area contributed by atoms with Crippen molar-refractivity contribution in [1.82, 2.24) is 10.2 Å². The first-order valence-electron chi connectivity index (χ1n) is 11.2. The Morgan fingerprint density at radius 1 is 1.06 bits per heavy atom. The molecule has 1 heterocycles. The number of methoxy groups -OCH3 is 1. The molecule has 5 heteroatoms. The summed E-state index contributed by atoms with van der Waals surface area (Å²) < 4.78 is 11.2. The normalized spacial score (nSPS) is 14.9. The smallest absolute Gasteiger partial charge is 0.287 e. The first-order valence-corrected chi connectivity index (χ1v) is 11.2. The lowest BCUT2D eigenvalue weighted by atomic mass is 9.94. The van der Waals surface area contributed by atoms with E-state index in [1.165, 1.54) is 37.7 Å². The van der Waals surface area contributed by atoms with Gasteiger partial charge in [-0.05, 0) is 37.1 Å². The molecule has 0 spiro atoms. The van der Waals surface area contributed by atoms with Crippen molar-refractivity contribution in [3.63, 3.8) is 0 Å². The van der Waals surface area contributed by atoms with Gasteiger partial charge in [-0.2, -0.15) is 0 Å². The number of carbonyl (C=O) groups excluding carboxylic acids is 1. The predicted molar refractivity (Wildman–Crippen MR) is 123 cm³/mol. The minimum atomic E-state index is -0.210. The van der Waals surface area contributed by atoms with Crippen molar-refractivity contribution >= 4 is 16.9 Å². The van der Waals surface area contributed by atoms with Gasteiger partial charge in [-0.25, -0.2) is 0 Å². The third-order valence-electron chi connectivity index (χ3n) is 6.37. The Hall–Kier alpha value is -2.63. The molecule has 1 saturated carbocycles. The van der Waals surface area contributed by atoms with Gasteiger partial charge in [-0.15, -0.1) is 0 Å². The third-order valence-corrected chi connectivity index (χ3v) is 6.37. The molecular weight excluding hydrogens is 388 g/mol. The number of nitrogens with zero attached hydrogens (tertiary/aromatic N) is 1. The zero-order chi connectivity index (χ0) is 21.6. The molecule has 31 heavy (non-hydrogen) atoms. The number of amides is 1. The molecule has 1 aliphatic carbocycles. The second-order valence-corrected chi connectivity index (χ2v) is 8.50. The number of furan rings is 1. The van der Waals surface area contributed by atoms with Crippen LogP contribution in [0.15, 0.2) is 52.9 Å². The molecule has 1 fully saturated rings. The van der Waals surface area contributed by atoms with E-state index in [0.717, 1.165) is 23.1 Å². The average Bonchev–Trinajstić information content (AvgIpc) is 3.18. The molecule has 3 aromatic rings. The molecule has 0 bridgehead atoms. The van der Waals surface area contributed by atoms with Gasteiger partial charge in [0.2, 0.25) is 0 Å². The molecule has 0 radical (unpaired) electrons. The lowest BCUT2D eigenvalue weighted by molar-refractivity contribution is 0.0918. The van der Waals surface area contributed by atoms with E-state index in [4.69, 9.17) is 9.15 Å². The van der Waals surface area contributed by atoms with Crippen LogP contribution in [0, 0.1) is 0 Å². The second kappa shape index (κ2) is 10.1. The number of hydrogen-bond acceptors (Lipinski definition) is 4. The number of carbonyl (C=O) groups is 1. The minimum absolute atomic E-state index is 0.210. The van der Waals surface area contributed by atoms with Crippen molar-refractivity contribution < 1.29 is 13.9 Å². The van der Waals surface area contributed by atoms with Gasteiger partial charge in [0.15, 0.2) is 5.76 Å². The summed E-state index contributed by atoms with van der Waals surface area (Å²) in [6.45, 7) is 1.70. The fourth-order valence-electron chi connectivity index (χ4n) is 4.63. The van der Waals surface area contributed by atoms with E-state index in [-0.39, 0.29) is 5.91 Å². The van der Waals surface area contributed by atoms with Gasteiger partial charge in [0, 0.05) is 37.2 Å². The van der Waals surface area contributed by atoms with Gasteiger partial charge in [-0.3, -0.25) is 9.69 Å². The summed E-state index contributed by atoms with van der Waals surface area (Å²) in [7, 11) is 3.85. The summed E-state index contributed by atoms with van der Waals surface area (Å²) in [6.07, 6.45) is 6.58. The lowest BCUT2D eigenvalue weighted by Gasteiger charge is -2.31. The average molecular weight is 421 g/mol. The number of nitrogens with one attached hydrogen (secondary N) is 1. The highest BCUT2D eigenvalue weighted by molar-refractivity contribution is 5.99. The van der Waals surface area contributed by atoms with Crippen molar-refractivity contribution in [2.75, 3.05) is 14.2 Å². The van der Waals surface area contributed by atoms with Gasteiger partial charge in [0.1, 0.15) is 5.58 Å². The minimum Gasteiger partial charge on any atom is -0.451 e. The van der Waals surface area contributed by atoms with Crippen LogP contribution in [0.1, 0.15) is 59.3 Å². The summed E-state index contributed by atoms with van der Waals surface area (Å²) >= 11 is 0. The van der Waals surface area contributed by atoms with Crippen LogP contribution in [-0.2, 0) is 24.4 Å². The van der Waals surface area contributed by atoms with E-state index in [1.54, 1.807) is 7.11 Å². The highest BCUT2D eigenvalue weighted by Gasteiger charge is 2.21. The largest absolute Gasteiger partial charge is 0.451 e. The van der Waals surface area contributed by atoms with Crippen LogP contribution >= 0.6 is 0 Å². The van der Waals surface area contributed by atoms with Gasteiger partial charge < -0.3 is 14.5 Å². The van der Waals surface area contributed by atoms with Crippen LogP contribution in [0.2, 0.25) is 0 Å². The highest BCUT2D eigenvalue weighted by Crippen LogP contribution is 2.27. The van der Waals surface area contributed by atoms with Crippen molar-refractivity contribution in [3.05, 3.63) is 71.0 Å². The molecule has 164 valence electrons. The lowest BCUT2D eigenvalue weighted by Crippen LogP contribution is -2.33.